The molecule has 2 aliphatic rings. The topological polar surface area (TPSA) is 65.0 Å². The molecule has 0 bridgehead atoms. The zero-order valence-corrected chi connectivity index (χ0v) is 17.5. The summed E-state index contributed by atoms with van der Waals surface area (Å²) in [7, 11) is 0. The van der Waals surface area contributed by atoms with Crippen molar-refractivity contribution >= 4 is 17.7 Å². The van der Waals surface area contributed by atoms with Crippen molar-refractivity contribution in [2.75, 3.05) is 50.8 Å². The van der Waals surface area contributed by atoms with Crippen LogP contribution in [-0.4, -0.2) is 61.8 Å². The lowest BCUT2D eigenvalue weighted by Crippen LogP contribution is -2.46. The van der Waals surface area contributed by atoms with Crippen molar-refractivity contribution in [3.05, 3.63) is 59.4 Å². The molecule has 6 nitrogen and oxygen atoms in total. The van der Waals surface area contributed by atoms with Crippen LogP contribution in [0.5, 0.6) is 11.5 Å². The van der Waals surface area contributed by atoms with Crippen molar-refractivity contribution in [1.29, 1.82) is 0 Å². The van der Waals surface area contributed by atoms with Gasteiger partial charge in [0.2, 0.25) is 0 Å². The number of benzene rings is 2. The van der Waals surface area contributed by atoms with E-state index >= 15 is 0 Å². The number of unbranched alkanes of at least 4 members (excludes halogenated alkanes) is 1. The summed E-state index contributed by atoms with van der Waals surface area (Å²) in [6.45, 7) is 5.67. The summed E-state index contributed by atoms with van der Waals surface area (Å²) in [5, 5.41) is 12.6. The van der Waals surface area contributed by atoms with Crippen molar-refractivity contribution < 1.29 is 19.0 Å². The molecule has 0 spiro atoms. The van der Waals surface area contributed by atoms with Crippen LogP contribution in [-0.2, 0) is 4.79 Å². The predicted octanol–water partition coefficient (Wildman–Crippen LogP) is 3.03. The van der Waals surface area contributed by atoms with Crippen molar-refractivity contribution in [2.24, 2.45) is 0 Å². The van der Waals surface area contributed by atoms with E-state index in [-0.39, 0.29) is 18.3 Å². The number of phenols is 1. The number of fused-ring (bicyclic) bond motifs is 1. The summed E-state index contributed by atoms with van der Waals surface area (Å²) in [5.74, 6) is 0.397. The van der Waals surface area contributed by atoms with Crippen LogP contribution in [0.2, 0.25) is 0 Å². The van der Waals surface area contributed by atoms with Gasteiger partial charge in [-0.15, -0.1) is 0 Å². The minimum absolute atomic E-state index is 0.158. The Kier molecular flexibility index (Phi) is 6.72. The molecular weight excluding hydrogens is 397 g/mol. The van der Waals surface area contributed by atoms with Crippen LogP contribution in [0.1, 0.15) is 18.4 Å². The number of hydrogen-bond acceptors (Lipinski definition) is 5. The lowest BCUT2D eigenvalue weighted by Gasteiger charge is -2.36. The second kappa shape index (κ2) is 9.83. The van der Waals surface area contributed by atoms with Gasteiger partial charge in [-0.1, -0.05) is 6.07 Å². The van der Waals surface area contributed by atoms with Crippen LogP contribution in [0.15, 0.2) is 48.0 Å². The number of nitrogens with zero attached hydrogens (tertiary/aromatic N) is 2. The summed E-state index contributed by atoms with van der Waals surface area (Å²) >= 11 is 0. The number of phenolic OH excluding ortho intramolecular Hbond substituents is 1. The van der Waals surface area contributed by atoms with E-state index in [2.05, 4.69) is 15.1 Å². The van der Waals surface area contributed by atoms with Gasteiger partial charge in [0, 0.05) is 50.0 Å². The molecule has 0 atom stereocenters. The number of piperazine rings is 1. The van der Waals surface area contributed by atoms with E-state index in [1.807, 2.05) is 12.1 Å². The highest BCUT2D eigenvalue weighted by molar-refractivity contribution is 5.99. The molecule has 164 valence electrons. The molecule has 1 fully saturated rings. The Morgan fingerprint density at radius 2 is 1.94 bits per heavy atom. The molecule has 2 aromatic carbocycles. The molecule has 1 saturated heterocycles. The molecule has 2 aromatic rings. The first-order valence-corrected chi connectivity index (χ1v) is 10.8. The van der Waals surface area contributed by atoms with E-state index < -0.39 is 0 Å². The van der Waals surface area contributed by atoms with Gasteiger partial charge in [-0.25, -0.2) is 4.39 Å². The van der Waals surface area contributed by atoms with Crippen LogP contribution < -0.4 is 15.0 Å². The maximum Gasteiger partial charge on any atom is 0.250 e. The second-order valence-electron chi connectivity index (χ2n) is 7.95. The zero-order chi connectivity index (χ0) is 21.6. The van der Waals surface area contributed by atoms with Gasteiger partial charge in [0.05, 0.1) is 5.57 Å². The van der Waals surface area contributed by atoms with Crippen LogP contribution in [0.4, 0.5) is 10.1 Å². The van der Waals surface area contributed by atoms with Crippen LogP contribution in [0.3, 0.4) is 0 Å². The Balaban J connectivity index is 1.14. The van der Waals surface area contributed by atoms with E-state index in [0.717, 1.165) is 51.3 Å². The molecule has 4 rings (SSSR count). The smallest absolute Gasteiger partial charge is 0.250 e. The number of amides is 1. The third kappa shape index (κ3) is 5.55. The fourth-order valence-electron chi connectivity index (χ4n) is 3.97. The third-order valence-corrected chi connectivity index (χ3v) is 5.73. The molecule has 0 radical (unpaired) electrons. The van der Waals surface area contributed by atoms with Gasteiger partial charge in [-0.3, -0.25) is 9.69 Å². The largest absolute Gasteiger partial charge is 0.508 e. The maximum atomic E-state index is 13.4. The van der Waals surface area contributed by atoms with E-state index in [4.69, 9.17) is 4.74 Å². The monoisotopic (exact) mass is 425 g/mol. The van der Waals surface area contributed by atoms with Crippen molar-refractivity contribution in [3.63, 3.8) is 0 Å². The molecule has 0 saturated carbocycles. The summed E-state index contributed by atoms with van der Waals surface area (Å²) in [5.41, 5.74) is 2.18. The van der Waals surface area contributed by atoms with Crippen LogP contribution in [0, 0.1) is 5.82 Å². The van der Waals surface area contributed by atoms with Gasteiger partial charge in [-0.05, 0) is 55.8 Å². The van der Waals surface area contributed by atoms with Gasteiger partial charge < -0.3 is 20.1 Å². The van der Waals surface area contributed by atoms with Gasteiger partial charge in [0.1, 0.15) is 23.9 Å². The third-order valence-electron chi connectivity index (χ3n) is 5.73. The average Bonchev–Trinajstić information content (AvgIpc) is 2.78. The van der Waals surface area contributed by atoms with E-state index in [9.17, 15) is 14.3 Å². The first kappa shape index (κ1) is 21.2. The number of hydrogen-bond donors (Lipinski definition) is 2. The van der Waals surface area contributed by atoms with Gasteiger partial charge in [0.25, 0.3) is 5.91 Å². The number of rotatable bonds is 7. The molecule has 0 aliphatic carbocycles. The SMILES string of the molecule is O=C(NCCCCN1CCN(c2cccc(O)c2)CC1)C1=Cc2cc(F)ccc2OC1. The minimum atomic E-state index is -0.344. The normalized spacial score (nSPS) is 16.3. The van der Waals surface area contributed by atoms with Crippen LogP contribution >= 0.6 is 0 Å². The summed E-state index contributed by atoms with van der Waals surface area (Å²) in [6, 6.07) is 11.7. The molecule has 2 N–H and O–H groups in total. The number of aromatic hydroxyl groups is 1. The molecule has 1 amide bonds. The fraction of sp³-hybridized carbons (Fsp3) is 0.375. The Hall–Kier alpha value is -3.06. The quantitative estimate of drug-likeness (QED) is 0.668. The molecule has 7 heteroatoms. The Morgan fingerprint density at radius 3 is 2.74 bits per heavy atom. The highest BCUT2D eigenvalue weighted by Crippen LogP contribution is 2.27. The van der Waals surface area contributed by atoms with Gasteiger partial charge in [0.15, 0.2) is 0 Å². The number of anilines is 1. The zero-order valence-electron chi connectivity index (χ0n) is 17.5. The maximum absolute atomic E-state index is 13.4. The van der Waals surface area contributed by atoms with E-state index in [1.165, 1.54) is 12.1 Å². The van der Waals surface area contributed by atoms with Gasteiger partial charge >= 0.3 is 0 Å². The Labute approximate surface area is 181 Å². The van der Waals surface area contributed by atoms with E-state index in [0.29, 0.717) is 29.2 Å². The predicted molar refractivity (Wildman–Crippen MR) is 119 cm³/mol. The van der Waals surface area contributed by atoms with E-state index in [1.54, 1.807) is 24.3 Å². The number of nitrogens with one attached hydrogen (secondary N) is 1. The number of carbonyl (C=O) groups excluding carboxylic acids is 1. The molecule has 0 unspecified atom stereocenters. The highest BCUT2D eigenvalue weighted by atomic mass is 19.1. The van der Waals surface area contributed by atoms with Crippen molar-refractivity contribution in [1.82, 2.24) is 10.2 Å². The molecule has 2 heterocycles. The standard InChI is InChI=1S/C24H28FN3O3/c25-20-6-7-23-18(15-20)14-19(17-31-23)24(30)26-8-1-2-9-27-10-12-28(13-11-27)21-4-3-5-22(29)16-21/h3-7,14-16,29H,1-2,8-13,17H2,(H,26,30). The van der Waals surface area contributed by atoms with Crippen molar-refractivity contribution in [2.45, 2.75) is 12.8 Å². The first-order valence-electron chi connectivity index (χ1n) is 10.8. The lowest BCUT2D eigenvalue weighted by atomic mass is 10.1. The Morgan fingerprint density at radius 1 is 1.10 bits per heavy atom. The summed E-state index contributed by atoms with van der Waals surface area (Å²) in [4.78, 5) is 17.1. The molecule has 0 aromatic heterocycles. The fourth-order valence-corrected chi connectivity index (χ4v) is 3.97. The average molecular weight is 426 g/mol. The molecule has 31 heavy (non-hydrogen) atoms. The summed E-state index contributed by atoms with van der Waals surface area (Å²) in [6.07, 6.45) is 3.61. The summed E-state index contributed by atoms with van der Waals surface area (Å²) < 4.78 is 18.9. The minimum Gasteiger partial charge on any atom is -0.508 e. The van der Waals surface area contributed by atoms with Crippen LogP contribution in [0.25, 0.3) is 6.08 Å². The second-order valence-corrected chi connectivity index (χ2v) is 7.95. The van der Waals surface area contributed by atoms with Gasteiger partial charge in [-0.2, -0.15) is 0 Å². The number of ether oxygens (including phenoxy) is 1. The molecule has 2 aliphatic heterocycles. The number of halogens is 1. The first-order chi connectivity index (χ1) is 15.1. The lowest BCUT2D eigenvalue weighted by molar-refractivity contribution is -0.117. The Bertz CT molecular complexity index is 955. The molecular formula is C24H28FN3O3. The number of carbonyl (C=O) groups is 1. The van der Waals surface area contributed by atoms with Crippen molar-refractivity contribution in [3.8, 4) is 11.5 Å². The highest BCUT2D eigenvalue weighted by Gasteiger charge is 2.18.